The third kappa shape index (κ3) is 2.67. The average Bonchev–Trinajstić information content (AvgIpc) is 2.36. The van der Waals surface area contributed by atoms with Gasteiger partial charge in [-0.1, -0.05) is 11.6 Å². The van der Waals surface area contributed by atoms with Gasteiger partial charge in [-0.15, -0.1) is 11.3 Å². The Hall–Kier alpha value is -0.810. The molecule has 0 aliphatic rings. The molecule has 0 bridgehead atoms. The van der Waals surface area contributed by atoms with Gasteiger partial charge in [0.05, 0.1) is 5.69 Å². The molecule has 0 radical (unpaired) electrons. The van der Waals surface area contributed by atoms with Crippen molar-refractivity contribution >= 4 is 34.2 Å². The predicted octanol–water partition coefficient (Wildman–Crippen LogP) is 2.20. The van der Waals surface area contributed by atoms with Crippen LogP contribution in [0.1, 0.15) is 5.69 Å². The summed E-state index contributed by atoms with van der Waals surface area (Å²) in [5.41, 5.74) is 0.862. The van der Waals surface area contributed by atoms with Crippen LogP contribution in [-0.4, -0.2) is 17.1 Å². The fourth-order valence-corrected chi connectivity index (χ4v) is 1.36. The number of nitrogens with zero attached hydrogens (tertiary/aromatic N) is 1. The minimum Gasteiger partial charge on any atom is -0.433 e. The number of hydrogen-bond donors (Lipinski definition) is 1. The molecule has 0 fully saturated rings. The number of nitrogens with one attached hydrogen (secondary N) is 1. The molecule has 0 saturated carbocycles. The summed E-state index contributed by atoms with van der Waals surface area (Å²) in [6.07, 6.45) is -0.584. The second kappa shape index (κ2) is 4.27. The van der Waals surface area contributed by atoms with Gasteiger partial charge in [0.1, 0.15) is 0 Å². The van der Waals surface area contributed by atoms with E-state index >= 15 is 0 Å². The van der Waals surface area contributed by atoms with Crippen molar-refractivity contribution in [1.82, 2.24) is 4.98 Å². The van der Waals surface area contributed by atoms with E-state index in [1.807, 2.05) is 12.3 Å². The first-order valence-electron chi connectivity index (χ1n) is 3.14. The van der Waals surface area contributed by atoms with Gasteiger partial charge in [0.25, 0.3) is 0 Å². The minimum absolute atomic E-state index is 0.157. The van der Waals surface area contributed by atoms with Gasteiger partial charge in [-0.3, -0.25) is 5.32 Å². The Labute approximate surface area is 78.5 Å². The number of anilines is 1. The maximum absolute atomic E-state index is 10.8. The third-order valence-electron chi connectivity index (χ3n) is 1.01. The number of carbonyl (C=O) groups excluding carboxylic acids is 1. The quantitative estimate of drug-likeness (QED) is 0.755. The summed E-state index contributed by atoms with van der Waals surface area (Å²) >= 11 is 6.51. The van der Waals surface area contributed by atoms with Gasteiger partial charge in [0.2, 0.25) is 0 Å². The lowest BCUT2D eigenvalue weighted by Crippen LogP contribution is -2.12. The largest absolute Gasteiger partial charge is 0.433 e. The number of aromatic nitrogens is 1. The van der Waals surface area contributed by atoms with Crippen LogP contribution >= 0.6 is 22.9 Å². The van der Waals surface area contributed by atoms with Gasteiger partial charge < -0.3 is 4.74 Å². The van der Waals surface area contributed by atoms with Gasteiger partial charge >= 0.3 is 6.09 Å². The zero-order valence-corrected chi connectivity index (χ0v) is 7.91. The number of ether oxygens (including phenoxy) is 1. The van der Waals surface area contributed by atoms with E-state index in [0.717, 1.165) is 5.69 Å². The first-order chi connectivity index (χ1) is 5.72. The van der Waals surface area contributed by atoms with Crippen molar-refractivity contribution in [3.8, 4) is 0 Å². The molecule has 1 heterocycles. The maximum atomic E-state index is 10.8. The number of rotatable bonds is 2. The standard InChI is InChI=1S/C6H7ClN2O2S/c1-4-2-12-5(8-4)9-6(10)11-3-7/h2H,3H2,1H3,(H,8,9,10). The number of aryl methyl sites for hydroxylation is 1. The Morgan fingerprint density at radius 3 is 3.17 bits per heavy atom. The topological polar surface area (TPSA) is 51.2 Å². The summed E-state index contributed by atoms with van der Waals surface area (Å²) in [4.78, 5) is 14.8. The van der Waals surface area contributed by atoms with Crippen LogP contribution in [-0.2, 0) is 4.74 Å². The van der Waals surface area contributed by atoms with E-state index in [0.29, 0.717) is 5.13 Å². The summed E-state index contributed by atoms with van der Waals surface area (Å²) in [5.74, 6) is 0. The lowest BCUT2D eigenvalue weighted by Gasteiger charge is -1.98. The molecule has 1 N–H and O–H groups in total. The zero-order valence-electron chi connectivity index (χ0n) is 6.33. The number of alkyl halides is 1. The molecule has 1 aromatic rings. The summed E-state index contributed by atoms with van der Waals surface area (Å²) in [6, 6.07) is -0.157. The van der Waals surface area contributed by atoms with E-state index in [-0.39, 0.29) is 6.07 Å². The van der Waals surface area contributed by atoms with Crippen LogP contribution in [0.5, 0.6) is 0 Å². The molecular weight excluding hydrogens is 200 g/mol. The summed E-state index contributed by atoms with van der Waals surface area (Å²) in [6.45, 7) is 1.84. The molecular formula is C6H7ClN2O2S. The van der Waals surface area contributed by atoms with Crippen LogP contribution in [0.3, 0.4) is 0 Å². The van der Waals surface area contributed by atoms with E-state index in [1.165, 1.54) is 11.3 Å². The lowest BCUT2D eigenvalue weighted by atomic mass is 10.6. The molecule has 1 rings (SSSR count). The molecule has 0 saturated heterocycles. The van der Waals surface area contributed by atoms with Crippen LogP contribution in [0.15, 0.2) is 5.38 Å². The van der Waals surface area contributed by atoms with Crippen LogP contribution in [0.2, 0.25) is 0 Å². The van der Waals surface area contributed by atoms with Gasteiger partial charge in [0, 0.05) is 5.38 Å². The van der Waals surface area contributed by atoms with E-state index < -0.39 is 6.09 Å². The van der Waals surface area contributed by atoms with Gasteiger partial charge in [-0.2, -0.15) is 0 Å². The highest BCUT2D eigenvalue weighted by Crippen LogP contribution is 2.14. The van der Waals surface area contributed by atoms with Crippen molar-refractivity contribution in [2.45, 2.75) is 6.92 Å². The van der Waals surface area contributed by atoms with Gasteiger partial charge in [-0.25, -0.2) is 9.78 Å². The predicted molar refractivity (Wildman–Crippen MR) is 47.7 cm³/mol. The number of amides is 1. The van der Waals surface area contributed by atoms with Crippen LogP contribution in [0, 0.1) is 6.92 Å². The summed E-state index contributed by atoms with van der Waals surface area (Å²) in [7, 11) is 0. The number of carbonyl (C=O) groups is 1. The molecule has 0 aliphatic heterocycles. The fourth-order valence-electron chi connectivity index (χ4n) is 0.584. The van der Waals surface area contributed by atoms with Crippen molar-refractivity contribution < 1.29 is 9.53 Å². The average molecular weight is 207 g/mol. The molecule has 66 valence electrons. The first kappa shape index (κ1) is 9.28. The zero-order chi connectivity index (χ0) is 8.97. The molecule has 0 aliphatic carbocycles. The fraction of sp³-hybridized carbons (Fsp3) is 0.333. The van der Waals surface area contributed by atoms with Crippen molar-refractivity contribution in [3.05, 3.63) is 11.1 Å². The Morgan fingerprint density at radius 1 is 1.92 bits per heavy atom. The van der Waals surface area contributed by atoms with Crippen molar-refractivity contribution in [1.29, 1.82) is 0 Å². The monoisotopic (exact) mass is 206 g/mol. The normalized spacial score (nSPS) is 9.50. The second-order valence-electron chi connectivity index (χ2n) is 1.96. The Kier molecular flexibility index (Phi) is 3.31. The second-order valence-corrected chi connectivity index (χ2v) is 3.04. The highest BCUT2D eigenvalue weighted by atomic mass is 35.5. The number of thiazole rings is 1. The van der Waals surface area contributed by atoms with E-state index in [4.69, 9.17) is 11.6 Å². The third-order valence-corrected chi connectivity index (χ3v) is 2.00. The van der Waals surface area contributed by atoms with Crippen molar-refractivity contribution in [3.63, 3.8) is 0 Å². The van der Waals surface area contributed by atoms with Crippen LogP contribution in [0.25, 0.3) is 0 Å². The summed E-state index contributed by atoms with van der Waals surface area (Å²) < 4.78 is 4.44. The molecule has 4 nitrogen and oxygen atoms in total. The number of halogens is 1. The maximum Gasteiger partial charge on any atom is 0.414 e. The van der Waals surface area contributed by atoms with E-state index in [9.17, 15) is 4.79 Å². The molecule has 0 spiro atoms. The number of hydrogen-bond acceptors (Lipinski definition) is 4. The Morgan fingerprint density at radius 2 is 2.67 bits per heavy atom. The Balaban J connectivity index is 2.46. The van der Waals surface area contributed by atoms with Gasteiger partial charge in [0.15, 0.2) is 11.2 Å². The smallest absolute Gasteiger partial charge is 0.414 e. The SMILES string of the molecule is Cc1csc(NC(=O)OCCl)n1. The molecule has 0 atom stereocenters. The van der Waals surface area contributed by atoms with Crippen molar-refractivity contribution in [2.75, 3.05) is 11.4 Å². The minimum atomic E-state index is -0.584. The van der Waals surface area contributed by atoms with E-state index in [2.05, 4.69) is 15.0 Å². The van der Waals surface area contributed by atoms with E-state index in [1.54, 1.807) is 0 Å². The molecule has 1 amide bonds. The molecule has 12 heavy (non-hydrogen) atoms. The van der Waals surface area contributed by atoms with Crippen LogP contribution in [0.4, 0.5) is 9.93 Å². The summed E-state index contributed by atoms with van der Waals surface area (Å²) in [5, 5.41) is 4.77. The van der Waals surface area contributed by atoms with Gasteiger partial charge in [-0.05, 0) is 6.92 Å². The lowest BCUT2D eigenvalue weighted by molar-refractivity contribution is 0.180. The highest BCUT2D eigenvalue weighted by molar-refractivity contribution is 7.13. The first-order valence-corrected chi connectivity index (χ1v) is 4.55. The molecule has 1 aromatic heterocycles. The molecule has 0 unspecified atom stereocenters. The molecule has 0 aromatic carbocycles. The Bertz CT molecular complexity index is 276. The molecule has 6 heteroatoms. The highest BCUT2D eigenvalue weighted by Gasteiger charge is 2.04. The van der Waals surface area contributed by atoms with Crippen LogP contribution < -0.4 is 5.32 Å². The van der Waals surface area contributed by atoms with Crippen molar-refractivity contribution in [2.24, 2.45) is 0 Å².